The molecule has 0 aliphatic rings. The standard InChI is InChI=1S/C28H30ClN3O4/c1-18-16-21(11-12-22(18)29)36-15-7-14-32-24-9-6-5-8-23(24)31-27(32)19(2)30-28(33)20-10-13-25(34-3)26(17-20)35-4/h5-6,8-13,16-17,19H,7,14-15H2,1-4H3,(H,30,33). The first-order valence-electron chi connectivity index (χ1n) is 11.8. The SMILES string of the molecule is COc1ccc(C(=O)NC(C)c2nc3ccccc3n2CCCOc2ccc(Cl)c(C)c2)cc1OC. The Balaban J connectivity index is 1.48. The summed E-state index contributed by atoms with van der Waals surface area (Å²) in [5, 5.41) is 3.79. The van der Waals surface area contributed by atoms with E-state index in [4.69, 9.17) is 30.8 Å². The van der Waals surface area contributed by atoms with E-state index in [-0.39, 0.29) is 11.9 Å². The van der Waals surface area contributed by atoms with Gasteiger partial charge in [0.15, 0.2) is 11.5 Å². The monoisotopic (exact) mass is 507 g/mol. The van der Waals surface area contributed by atoms with Crippen molar-refractivity contribution < 1.29 is 19.0 Å². The van der Waals surface area contributed by atoms with Crippen LogP contribution in [0, 0.1) is 6.92 Å². The van der Waals surface area contributed by atoms with Crippen LogP contribution >= 0.6 is 11.6 Å². The van der Waals surface area contributed by atoms with Crippen molar-refractivity contribution >= 4 is 28.5 Å². The van der Waals surface area contributed by atoms with Gasteiger partial charge in [-0.3, -0.25) is 4.79 Å². The molecule has 3 aromatic carbocycles. The lowest BCUT2D eigenvalue weighted by Crippen LogP contribution is -2.29. The van der Waals surface area contributed by atoms with Gasteiger partial charge >= 0.3 is 0 Å². The maximum absolute atomic E-state index is 13.0. The van der Waals surface area contributed by atoms with Crippen LogP contribution < -0.4 is 19.5 Å². The van der Waals surface area contributed by atoms with Crippen molar-refractivity contribution in [1.29, 1.82) is 0 Å². The minimum absolute atomic E-state index is 0.219. The van der Waals surface area contributed by atoms with Gasteiger partial charge in [-0.25, -0.2) is 4.98 Å². The number of fused-ring (bicyclic) bond motifs is 1. The second kappa shape index (κ2) is 11.4. The highest BCUT2D eigenvalue weighted by molar-refractivity contribution is 6.31. The number of ether oxygens (including phenoxy) is 3. The number of methoxy groups -OCH3 is 2. The van der Waals surface area contributed by atoms with Gasteiger partial charge in [0.25, 0.3) is 5.91 Å². The van der Waals surface area contributed by atoms with E-state index in [1.165, 1.54) is 0 Å². The molecule has 1 amide bonds. The largest absolute Gasteiger partial charge is 0.494 e. The zero-order valence-corrected chi connectivity index (χ0v) is 21.6. The molecule has 0 aliphatic heterocycles. The van der Waals surface area contributed by atoms with Gasteiger partial charge in [-0.2, -0.15) is 0 Å². The molecule has 0 saturated carbocycles. The second-order valence-corrected chi connectivity index (χ2v) is 8.90. The molecule has 8 heteroatoms. The molecule has 0 bridgehead atoms. The number of hydrogen-bond donors (Lipinski definition) is 1. The van der Waals surface area contributed by atoms with Crippen molar-refractivity contribution in [2.24, 2.45) is 0 Å². The molecule has 4 rings (SSSR count). The molecule has 0 saturated heterocycles. The summed E-state index contributed by atoms with van der Waals surface area (Å²) in [5.41, 5.74) is 3.36. The predicted molar refractivity (Wildman–Crippen MR) is 141 cm³/mol. The summed E-state index contributed by atoms with van der Waals surface area (Å²) < 4.78 is 18.7. The Kier molecular flexibility index (Phi) is 8.00. The molecule has 1 atom stereocenters. The lowest BCUT2D eigenvalue weighted by atomic mass is 10.1. The Morgan fingerprint density at radius 2 is 1.83 bits per heavy atom. The van der Waals surface area contributed by atoms with Crippen LogP contribution in [0.5, 0.6) is 17.2 Å². The Bertz CT molecular complexity index is 1370. The summed E-state index contributed by atoms with van der Waals surface area (Å²) in [4.78, 5) is 17.8. The number of para-hydroxylation sites is 2. The molecule has 1 N–H and O–H groups in total. The minimum atomic E-state index is -0.321. The first kappa shape index (κ1) is 25.4. The Hall–Kier alpha value is -3.71. The molecule has 1 unspecified atom stereocenters. The fourth-order valence-electron chi connectivity index (χ4n) is 4.10. The number of hydrogen-bond acceptors (Lipinski definition) is 5. The maximum Gasteiger partial charge on any atom is 0.251 e. The Morgan fingerprint density at radius 1 is 1.06 bits per heavy atom. The van der Waals surface area contributed by atoms with E-state index >= 15 is 0 Å². The summed E-state index contributed by atoms with van der Waals surface area (Å²) in [6.07, 6.45) is 0.769. The third-order valence-corrected chi connectivity index (χ3v) is 6.41. The molecule has 0 aliphatic carbocycles. The fourth-order valence-corrected chi connectivity index (χ4v) is 4.22. The van der Waals surface area contributed by atoms with Gasteiger partial charge in [0.1, 0.15) is 11.6 Å². The van der Waals surface area contributed by atoms with Gasteiger partial charge in [-0.15, -0.1) is 0 Å². The Labute approximate surface area is 216 Å². The molecular weight excluding hydrogens is 478 g/mol. The molecule has 0 spiro atoms. The third-order valence-electron chi connectivity index (χ3n) is 5.99. The highest BCUT2D eigenvalue weighted by atomic mass is 35.5. The molecule has 36 heavy (non-hydrogen) atoms. The molecule has 188 valence electrons. The van der Waals surface area contributed by atoms with Crippen LogP contribution in [0.25, 0.3) is 11.0 Å². The van der Waals surface area contributed by atoms with Crippen LogP contribution in [-0.2, 0) is 6.54 Å². The summed E-state index contributed by atoms with van der Waals surface area (Å²) in [6, 6.07) is 18.4. The van der Waals surface area contributed by atoms with E-state index in [9.17, 15) is 4.79 Å². The molecule has 1 heterocycles. The first-order valence-corrected chi connectivity index (χ1v) is 12.2. The van der Waals surface area contributed by atoms with E-state index in [0.717, 1.165) is 39.6 Å². The quantitative estimate of drug-likeness (QED) is 0.267. The fraction of sp³-hybridized carbons (Fsp3) is 0.286. The molecule has 4 aromatic rings. The number of imidazole rings is 1. The molecule has 1 aromatic heterocycles. The van der Waals surface area contributed by atoms with Crippen molar-refractivity contribution in [3.63, 3.8) is 0 Å². The molecule has 0 radical (unpaired) electrons. The number of carbonyl (C=O) groups is 1. The van der Waals surface area contributed by atoms with Crippen LogP contribution in [0.2, 0.25) is 5.02 Å². The number of aromatic nitrogens is 2. The lowest BCUT2D eigenvalue weighted by molar-refractivity contribution is 0.0937. The number of amides is 1. The number of nitrogens with one attached hydrogen (secondary N) is 1. The van der Waals surface area contributed by atoms with Gasteiger partial charge < -0.3 is 24.1 Å². The van der Waals surface area contributed by atoms with Gasteiger partial charge in [0.2, 0.25) is 0 Å². The number of halogens is 1. The van der Waals surface area contributed by atoms with Crippen LogP contribution in [-0.4, -0.2) is 36.3 Å². The summed E-state index contributed by atoms with van der Waals surface area (Å²) in [5.74, 6) is 2.43. The van der Waals surface area contributed by atoms with Gasteiger partial charge in [-0.1, -0.05) is 23.7 Å². The minimum Gasteiger partial charge on any atom is -0.494 e. The predicted octanol–water partition coefficient (Wildman–Crippen LogP) is 5.98. The van der Waals surface area contributed by atoms with E-state index in [1.54, 1.807) is 32.4 Å². The van der Waals surface area contributed by atoms with E-state index in [1.807, 2.05) is 56.3 Å². The number of carbonyl (C=O) groups excluding carboxylic acids is 1. The van der Waals surface area contributed by atoms with Crippen LogP contribution in [0.4, 0.5) is 0 Å². The van der Waals surface area contributed by atoms with E-state index < -0.39 is 0 Å². The number of nitrogens with zero attached hydrogens (tertiary/aromatic N) is 2. The number of rotatable bonds is 10. The van der Waals surface area contributed by atoms with Gasteiger partial charge in [0.05, 0.1) is 37.9 Å². The Morgan fingerprint density at radius 3 is 2.58 bits per heavy atom. The zero-order valence-electron chi connectivity index (χ0n) is 20.9. The maximum atomic E-state index is 13.0. The van der Waals surface area contributed by atoms with Crippen molar-refractivity contribution in [2.45, 2.75) is 32.9 Å². The zero-order chi connectivity index (χ0) is 25.7. The van der Waals surface area contributed by atoms with E-state index in [2.05, 4.69) is 9.88 Å². The topological polar surface area (TPSA) is 74.6 Å². The van der Waals surface area contributed by atoms with Crippen LogP contribution in [0.1, 0.15) is 41.1 Å². The summed E-state index contributed by atoms with van der Waals surface area (Å²) >= 11 is 6.11. The van der Waals surface area contributed by atoms with Crippen molar-refractivity contribution in [1.82, 2.24) is 14.9 Å². The highest BCUT2D eigenvalue weighted by Gasteiger charge is 2.20. The summed E-state index contributed by atoms with van der Waals surface area (Å²) in [6.45, 7) is 5.12. The van der Waals surface area contributed by atoms with Gasteiger partial charge in [0, 0.05) is 17.1 Å². The lowest BCUT2D eigenvalue weighted by Gasteiger charge is -2.17. The second-order valence-electron chi connectivity index (χ2n) is 8.49. The van der Waals surface area contributed by atoms with Crippen LogP contribution in [0.3, 0.4) is 0 Å². The normalized spacial score (nSPS) is 11.8. The van der Waals surface area contributed by atoms with Crippen LogP contribution in [0.15, 0.2) is 60.7 Å². The highest BCUT2D eigenvalue weighted by Crippen LogP contribution is 2.28. The van der Waals surface area contributed by atoms with Crippen molar-refractivity contribution in [2.75, 3.05) is 20.8 Å². The number of aryl methyl sites for hydroxylation is 2. The smallest absolute Gasteiger partial charge is 0.251 e. The average Bonchev–Trinajstić information content (AvgIpc) is 3.26. The third kappa shape index (κ3) is 5.57. The molecular formula is C28H30ClN3O4. The van der Waals surface area contributed by atoms with Crippen molar-refractivity contribution in [3.05, 3.63) is 82.6 Å². The first-order chi connectivity index (χ1) is 17.4. The molecule has 0 fully saturated rings. The van der Waals surface area contributed by atoms with Crippen molar-refractivity contribution in [3.8, 4) is 17.2 Å². The number of benzene rings is 3. The average molecular weight is 508 g/mol. The van der Waals surface area contributed by atoms with Gasteiger partial charge in [-0.05, 0) is 74.4 Å². The summed E-state index contributed by atoms with van der Waals surface area (Å²) in [7, 11) is 3.11. The molecule has 7 nitrogen and oxygen atoms in total. The van der Waals surface area contributed by atoms with E-state index in [0.29, 0.717) is 30.2 Å².